The number of carbonyl (C=O) groups excluding carboxylic acids is 1. The summed E-state index contributed by atoms with van der Waals surface area (Å²) < 4.78 is 7.97. The van der Waals surface area contributed by atoms with Crippen LogP contribution in [0.3, 0.4) is 0 Å². The maximum absolute atomic E-state index is 11.9. The van der Waals surface area contributed by atoms with Crippen LogP contribution < -0.4 is 11.3 Å². The Bertz CT molecular complexity index is 698. The van der Waals surface area contributed by atoms with Gasteiger partial charge in [0.25, 0.3) is 5.56 Å². The summed E-state index contributed by atoms with van der Waals surface area (Å²) in [5.74, 6) is -0.437. The van der Waals surface area contributed by atoms with Gasteiger partial charge in [0.05, 0.1) is 12.8 Å². The first kappa shape index (κ1) is 15.1. The Hall–Kier alpha value is -2.34. The van der Waals surface area contributed by atoms with E-state index < -0.39 is 12.0 Å². The van der Waals surface area contributed by atoms with E-state index in [4.69, 9.17) is 5.73 Å². The van der Waals surface area contributed by atoms with Gasteiger partial charge in [-0.3, -0.25) is 14.3 Å². The highest BCUT2D eigenvalue weighted by molar-refractivity contribution is 5.75. The second-order valence-electron chi connectivity index (χ2n) is 4.96. The van der Waals surface area contributed by atoms with Gasteiger partial charge in [0.2, 0.25) is 0 Å². The highest BCUT2D eigenvalue weighted by Crippen LogP contribution is 2.10. The van der Waals surface area contributed by atoms with Gasteiger partial charge in [-0.2, -0.15) is 0 Å². The van der Waals surface area contributed by atoms with Crippen LogP contribution in [0.5, 0.6) is 0 Å². The van der Waals surface area contributed by atoms with E-state index >= 15 is 0 Å². The van der Waals surface area contributed by atoms with E-state index in [0.29, 0.717) is 6.42 Å². The fraction of sp³-hybridized carbons (Fsp3) is 0.333. The molecular weight excluding hydrogens is 270 g/mol. The number of hydrogen-bond acceptors (Lipinski definition) is 4. The SMILES string of the molecule is COC(=O)[C@@H](N)Cc1ccc(-n2c(=O)cc(C)n2C)cc1. The number of ether oxygens (including phenoxy) is 1. The van der Waals surface area contributed by atoms with Crippen LogP contribution in [-0.4, -0.2) is 28.5 Å². The smallest absolute Gasteiger partial charge is 0.322 e. The highest BCUT2D eigenvalue weighted by Gasteiger charge is 2.14. The Morgan fingerprint density at radius 1 is 1.33 bits per heavy atom. The van der Waals surface area contributed by atoms with Crippen molar-refractivity contribution in [2.45, 2.75) is 19.4 Å². The number of nitrogens with zero attached hydrogens (tertiary/aromatic N) is 2. The molecule has 21 heavy (non-hydrogen) atoms. The van der Waals surface area contributed by atoms with Gasteiger partial charge in [-0.15, -0.1) is 0 Å². The zero-order valence-corrected chi connectivity index (χ0v) is 12.4. The molecule has 2 rings (SSSR count). The monoisotopic (exact) mass is 289 g/mol. The molecule has 1 atom stereocenters. The van der Waals surface area contributed by atoms with E-state index in [1.54, 1.807) is 15.4 Å². The number of esters is 1. The summed E-state index contributed by atoms with van der Waals surface area (Å²) in [6.45, 7) is 1.88. The maximum atomic E-state index is 11.9. The number of methoxy groups -OCH3 is 1. The summed E-state index contributed by atoms with van der Waals surface area (Å²) in [5, 5.41) is 0. The first-order chi connectivity index (χ1) is 9.93. The molecule has 0 amide bonds. The molecule has 6 heteroatoms. The normalized spacial score (nSPS) is 12.2. The number of carbonyl (C=O) groups is 1. The van der Waals surface area contributed by atoms with Crippen molar-refractivity contribution < 1.29 is 9.53 Å². The van der Waals surface area contributed by atoms with Crippen molar-refractivity contribution in [1.29, 1.82) is 0 Å². The van der Waals surface area contributed by atoms with Gasteiger partial charge in [-0.25, -0.2) is 4.68 Å². The summed E-state index contributed by atoms with van der Waals surface area (Å²) in [7, 11) is 3.15. The molecule has 0 saturated carbocycles. The van der Waals surface area contributed by atoms with Gasteiger partial charge in [0.1, 0.15) is 6.04 Å². The van der Waals surface area contributed by atoms with Crippen molar-refractivity contribution in [2.75, 3.05) is 7.11 Å². The Morgan fingerprint density at radius 2 is 1.95 bits per heavy atom. The molecule has 0 radical (unpaired) electrons. The van der Waals surface area contributed by atoms with Crippen LogP contribution >= 0.6 is 0 Å². The van der Waals surface area contributed by atoms with Crippen LogP contribution in [0.4, 0.5) is 0 Å². The van der Waals surface area contributed by atoms with Crippen molar-refractivity contribution in [3.63, 3.8) is 0 Å². The van der Waals surface area contributed by atoms with Crippen LogP contribution in [-0.2, 0) is 23.0 Å². The van der Waals surface area contributed by atoms with Gasteiger partial charge in [0.15, 0.2) is 0 Å². The van der Waals surface area contributed by atoms with E-state index in [0.717, 1.165) is 16.9 Å². The minimum Gasteiger partial charge on any atom is -0.468 e. The molecule has 1 aromatic carbocycles. The first-order valence-electron chi connectivity index (χ1n) is 6.62. The molecule has 6 nitrogen and oxygen atoms in total. The maximum Gasteiger partial charge on any atom is 0.322 e. The van der Waals surface area contributed by atoms with Crippen LogP contribution in [0.2, 0.25) is 0 Å². The van der Waals surface area contributed by atoms with Crippen molar-refractivity contribution in [1.82, 2.24) is 9.36 Å². The van der Waals surface area contributed by atoms with E-state index in [1.165, 1.54) is 7.11 Å². The predicted molar refractivity (Wildman–Crippen MR) is 79.4 cm³/mol. The molecule has 0 aliphatic heterocycles. The van der Waals surface area contributed by atoms with Crippen molar-refractivity contribution >= 4 is 5.97 Å². The molecule has 0 aliphatic carbocycles. The second-order valence-corrected chi connectivity index (χ2v) is 4.96. The van der Waals surface area contributed by atoms with Gasteiger partial charge >= 0.3 is 5.97 Å². The lowest BCUT2D eigenvalue weighted by atomic mass is 10.1. The quantitative estimate of drug-likeness (QED) is 0.833. The Balaban J connectivity index is 2.23. The van der Waals surface area contributed by atoms with Crippen LogP contribution in [0.1, 0.15) is 11.3 Å². The van der Waals surface area contributed by atoms with E-state index in [9.17, 15) is 9.59 Å². The van der Waals surface area contributed by atoms with Gasteiger partial charge < -0.3 is 10.5 Å². The molecule has 1 aromatic heterocycles. The van der Waals surface area contributed by atoms with E-state index in [1.807, 2.05) is 38.2 Å². The molecule has 2 aromatic rings. The van der Waals surface area contributed by atoms with Crippen molar-refractivity contribution in [3.05, 3.63) is 51.9 Å². The van der Waals surface area contributed by atoms with Crippen LogP contribution in [0.25, 0.3) is 5.69 Å². The Kier molecular flexibility index (Phi) is 4.28. The third-order valence-electron chi connectivity index (χ3n) is 3.49. The van der Waals surface area contributed by atoms with Gasteiger partial charge in [-0.1, -0.05) is 12.1 Å². The lowest BCUT2D eigenvalue weighted by Gasteiger charge is -2.11. The molecular formula is C15H19N3O3. The summed E-state index contributed by atoms with van der Waals surface area (Å²) in [6.07, 6.45) is 0.397. The van der Waals surface area contributed by atoms with Crippen molar-refractivity contribution in [2.24, 2.45) is 12.8 Å². The zero-order chi connectivity index (χ0) is 15.6. The molecule has 0 spiro atoms. The number of hydrogen-bond donors (Lipinski definition) is 1. The Labute approximate surface area is 122 Å². The van der Waals surface area contributed by atoms with Gasteiger partial charge in [0, 0.05) is 18.8 Å². The molecule has 0 unspecified atom stereocenters. The molecule has 0 aliphatic rings. The summed E-state index contributed by atoms with van der Waals surface area (Å²) in [4.78, 5) is 23.2. The topological polar surface area (TPSA) is 79.2 Å². The number of aromatic nitrogens is 2. The van der Waals surface area contributed by atoms with Crippen LogP contribution in [0.15, 0.2) is 35.1 Å². The number of benzene rings is 1. The second kappa shape index (κ2) is 5.97. The minimum atomic E-state index is -0.680. The summed E-state index contributed by atoms with van der Waals surface area (Å²) in [5.41, 5.74) is 8.22. The molecule has 0 bridgehead atoms. The minimum absolute atomic E-state index is 0.0750. The summed E-state index contributed by atoms with van der Waals surface area (Å²) >= 11 is 0. The predicted octanol–water partition coefficient (Wildman–Crippen LogP) is 0.527. The average molecular weight is 289 g/mol. The molecule has 0 fully saturated rings. The Morgan fingerprint density at radius 3 is 2.43 bits per heavy atom. The lowest BCUT2D eigenvalue weighted by Crippen LogP contribution is -2.33. The van der Waals surface area contributed by atoms with Gasteiger partial charge in [-0.05, 0) is 31.0 Å². The third kappa shape index (κ3) is 3.05. The summed E-state index contributed by atoms with van der Waals surface area (Å²) in [6, 6.07) is 8.28. The molecule has 0 saturated heterocycles. The largest absolute Gasteiger partial charge is 0.468 e. The number of nitrogens with two attached hydrogens (primary N) is 1. The highest BCUT2D eigenvalue weighted by atomic mass is 16.5. The van der Waals surface area contributed by atoms with E-state index in [2.05, 4.69) is 4.74 Å². The molecule has 1 heterocycles. The zero-order valence-electron chi connectivity index (χ0n) is 12.4. The molecule has 112 valence electrons. The standard InChI is InChI=1S/C15H19N3O3/c1-10-8-14(19)18(17(10)2)12-6-4-11(5-7-12)9-13(16)15(20)21-3/h4-8,13H,9,16H2,1-3H3/t13-/m0/s1. The fourth-order valence-electron chi connectivity index (χ4n) is 2.20. The number of aryl methyl sites for hydroxylation is 1. The lowest BCUT2D eigenvalue weighted by molar-refractivity contribution is -0.142. The average Bonchev–Trinajstić information content (AvgIpc) is 2.72. The first-order valence-corrected chi connectivity index (χ1v) is 6.62. The third-order valence-corrected chi connectivity index (χ3v) is 3.49. The number of rotatable bonds is 4. The van der Waals surface area contributed by atoms with Crippen molar-refractivity contribution in [3.8, 4) is 5.69 Å². The fourth-order valence-corrected chi connectivity index (χ4v) is 2.20. The van der Waals surface area contributed by atoms with Crippen LogP contribution in [0, 0.1) is 6.92 Å². The molecule has 2 N–H and O–H groups in total. The van der Waals surface area contributed by atoms with E-state index in [-0.39, 0.29) is 5.56 Å².